The van der Waals surface area contributed by atoms with Gasteiger partial charge in [-0.25, -0.2) is 0 Å². The molecule has 0 saturated carbocycles. The first-order chi connectivity index (χ1) is 8.17. The summed E-state index contributed by atoms with van der Waals surface area (Å²) in [7, 11) is 4.23. The SMILES string of the molecule is CCCN(CCN(C)C)c1ccc(CN)cc1. The standard InChI is InChI=1S/C14H25N3/c1-4-9-17(11-10-16(2)3)14-7-5-13(12-15)6-8-14/h5-8H,4,9-12,15H2,1-3H3. The molecule has 3 nitrogen and oxygen atoms in total. The Kier molecular flexibility index (Phi) is 6.01. The molecule has 0 radical (unpaired) electrons. The second-order valence-corrected chi connectivity index (χ2v) is 4.66. The lowest BCUT2D eigenvalue weighted by atomic mass is 10.2. The van der Waals surface area contributed by atoms with E-state index in [1.54, 1.807) is 0 Å². The molecule has 1 rings (SSSR count). The fraction of sp³-hybridized carbons (Fsp3) is 0.571. The first kappa shape index (κ1) is 14.0. The van der Waals surface area contributed by atoms with Crippen molar-refractivity contribution in [1.82, 2.24) is 4.90 Å². The van der Waals surface area contributed by atoms with Crippen LogP contribution in [0, 0.1) is 0 Å². The van der Waals surface area contributed by atoms with Gasteiger partial charge in [0, 0.05) is 31.9 Å². The zero-order chi connectivity index (χ0) is 12.7. The number of hydrogen-bond acceptors (Lipinski definition) is 3. The summed E-state index contributed by atoms with van der Waals surface area (Å²) in [5, 5.41) is 0. The Balaban J connectivity index is 2.67. The molecule has 2 N–H and O–H groups in total. The molecule has 0 unspecified atom stereocenters. The van der Waals surface area contributed by atoms with Crippen LogP contribution in [0.1, 0.15) is 18.9 Å². The number of nitrogens with zero attached hydrogens (tertiary/aromatic N) is 2. The number of nitrogens with two attached hydrogens (primary N) is 1. The molecular weight excluding hydrogens is 210 g/mol. The normalized spacial score (nSPS) is 10.9. The predicted molar refractivity (Wildman–Crippen MR) is 75.4 cm³/mol. The molecule has 0 heterocycles. The highest BCUT2D eigenvalue weighted by Crippen LogP contribution is 2.15. The highest BCUT2D eigenvalue weighted by Gasteiger charge is 2.05. The number of likely N-dealkylation sites (N-methyl/N-ethyl adjacent to an activating group) is 1. The maximum Gasteiger partial charge on any atom is 0.0366 e. The van der Waals surface area contributed by atoms with Crippen LogP contribution in [0.2, 0.25) is 0 Å². The molecule has 0 aliphatic carbocycles. The van der Waals surface area contributed by atoms with Crippen molar-refractivity contribution in [1.29, 1.82) is 0 Å². The molecule has 17 heavy (non-hydrogen) atoms. The van der Waals surface area contributed by atoms with E-state index in [0.29, 0.717) is 6.54 Å². The van der Waals surface area contributed by atoms with Crippen molar-refractivity contribution in [3.8, 4) is 0 Å². The Morgan fingerprint density at radius 1 is 1.00 bits per heavy atom. The highest BCUT2D eigenvalue weighted by atomic mass is 15.2. The fourth-order valence-corrected chi connectivity index (χ4v) is 1.80. The Hall–Kier alpha value is -1.06. The van der Waals surface area contributed by atoms with Crippen LogP contribution in [-0.4, -0.2) is 38.6 Å². The topological polar surface area (TPSA) is 32.5 Å². The lowest BCUT2D eigenvalue weighted by Gasteiger charge is -2.26. The Morgan fingerprint density at radius 3 is 2.12 bits per heavy atom. The van der Waals surface area contributed by atoms with Gasteiger partial charge in [-0.2, -0.15) is 0 Å². The Morgan fingerprint density at radius 2 is 1.65 bits per heavy atom. The first-order valence-electron chi connectivity index (χ1n) is 6.36. The summed E-state index contributed by atoms with van der Waals surface area (Å²) in [5.41, 5.74) is 8.10. The summed E-state index contributed by atoms with van der Waals surface area (Å²) >= 11 is 0. The lowest BCUT2D eigenvalue weighted by molar-refractivity contribution is 0.413. The molecule has 0 atom stereocenters. The zero-order valence-corrected chi connectivity index (χ0v) is 11.3. The summed E-state index contributed by atoms with van der Waals surface area (Å²) < 4.78 is 0. The smallest absolute Gasteiger partial charge is 0.0366 e. The monoisotopic (exact) mass is 235 g/mol. The van der Waals surface area contributed by atoms with Gasteiger partial charge in [-0.05, 0) is 38.2 Å². The first-order valence-corrected chi connectivity index (χ1v) is 6.36. The van der Waals surface area contributed by atoms with E-state index in [1.807, 2.05) is 0 Å². The van der Waals surface area contributed by atoms with E-state index in [4.69, 9.17) is 5.73 Å². The molecule has 0 spiro atoms. The van der Waals surface area contributed by atoms with Gasteiger partial charge in [0.15, 0.2) is 0 Å². The van der Waals surface area contributed by atoms with Gasteiger partial charge in [0.25, 0.3) is 0 Å². The molecule has 1 aromatic rings. The van der Waals surface area contributed by atoms with Gasteiger partial charge in [0.1, 0.15) is 0 Å². The molecule has 96 valence electrons. The van der Waals surface area contributed by atoms with Crippen molar-refractivity contribution in [2.75, 3.05) is 38.6 Å². The highest BCUT2D eigenvalue weighted by molar-refractivity contribution is 5.47. The molecule has 0 saturated heterocycles. The molecule has 0 fully saturated rings. The van der Waals surface area contributed by atoms with Crippen molar-refractivity contribution in [3.63, 3.8) is 0 Å². The second-order valence-electron chi connectivity index (χ2n) is 4.66. The molecule has 0 aromatic heterocycles. The largest absolute Gasteiger partial charge is 0.370 e. The van der Waals surface area contributed by atoms with Crippen LogP contribution in [0.25, 0.3) is 0 Å². The van der Waals surface area contributed by atoms with E-state index in [2.05, 4.69) is 55.1 Å². The van der Waals surface area contributed by atoms with Crippen LogP contribution < -0.4 is 10.6 Å². The third-order valence-corrected chi connectivity index (χ3v) is 2.85. The van der Waals surface area contributed by atoms with E-state index in [1.165, 1.54) is 17.7 Å². The van der Waals surface area contributed by atoms with Crippen LogP contribution in [0.3, 0.4) is 0 Å². The second kappa shape index (κ2) is 7.30. The van der Waals surface area contributed by atoms with Gasteiger partial charge in [0.2, 0.25) is 0 Å². The van der Waals surface area contributed by atoms with Crippen molar-refractivity contribution < 1.29 is 0 Å². The fourth-order valence-electron chi connectivity index (χ4n) is 1.80. The van der Waals surface area contributed by atoms with E-state index in [-0.39, 0.29) is 0 Å². The Bertz CT molecular complexity index is 306. The minimum Gasteiger partial charge on any atom is -0.370 e. The maximum absolute atomic E-state index is 5.61. The molecular formula is C14H25N3. The number of hydrogen-bond donors (Lipinski definition) is 1. The van der Waals surface area contributed by atoms with Gasteiger partial charge in [0.05, 0.1) is 0 Å². The summed E-state index contributed by atoms with van der Waals surface area (Å²) in [6, 6.07) is 8.59. The van der Waals surface area contributed by atoms with Crippen LogP contribution in [-0.2, 0) is 6.54 Å². The molecule has 0 aliphatic heterocycles. The van der Waals surface area contributed by atoms with Crippen molar-refractivity contribution in [3.05, 3.63) is 29.8 Å². The third kappa shape index (κ3) is 4.75. The minimum atomic E-state index is 0.617. The van der Waals surface area contributed by atoms with E-state index >= 15 is 0 Å². The number of anilines is 1. The van der Waals surface area contributed by atoms with Gasteiger partial charge in [-0.15, -0.1) is 0 Å². The van der Waals surface area contributed by atoms with Crippen LogP contribution in [0.15, 0.2) is 24.3 Å². The van der Waals surface area contributed by atoms with E-state index in [9.17, 15) is 0 Å². The minimum absolute atomic E-state index is 0.617. The molecule has 0 amide bonds. The van der Waals surface area contributed by atoms with Crippen molar-refractivity contribution >= 4 is 5.69 Å². The molecule has 0 bridgehead atoms. The van der Waals surface area contributed by atoms with Crippen LogP contribution in [0.5, 0.6) is 0 Å². The summed E-state index contributed by atoms with van der Waals surface area (Å²) in [6.07, 6.45) is 1.17. The number of benzene rings is 1. The molecule has 3 heteroatoms. The summed E-state index contributed by atoms with van der Waals surface area (Å²) in [4.78, 5) is 4.65. The maximum atomic E-state index is 5.61. The van der Waals surface area contributed by atoms with Crippen molar-refractivity contribution in [2.24, 2.45) is 5.73 Å². The van der Waals surface area contributed by atoms with Crippen LogP contribution >= 0.6 is 0 Å². The third-order valence-electron chi connectivity index (χ3n) is 2.85. The average molecular weight is 235 g/mol. The average Bonchev–Trinajstić information content (AvgIpc) is 2.34. The van der Waals surface area contributed by atoms with Crippen molar-refractivity contribution in [2.45, 2.75) is 19.9 Å². The van der Waals surface area contributed by atoms with Gasteiger partial charge in [-0.1, -0.05) is 19.1 Å². The predicted octanol–water partition coefficient (Wildman–Crippen LogP) is 1.92. The Labute approximate surface area is 105 Å². The zero-order valence-electron chi connectivity index (χ0n) is 11.3. The molecule has 0 aliphatic rings. The van der Waals surface area contributed by atoms with Crippen LogP contribution in [0.4, 0.5) is 5.69 Å². The van der Waals surface area contributed by atoms with Gasteiger partial charge >= 0.3 is 0 Å². The lowest BCUT2D eigenvalue weighted by Crippen LogP contribution is -2.32. The number of rotatable bonds is 7. The summed E-state index contributed by atoms with van der Waals surface area (Å²) in [6.45, 7) is 6.10. The molecule has 1 aromatic carbocycles. The summed E-state index contributed by atoms with van der Waals surface area (Å²) in [5.74, 6) is 0. The quantitative estimate of drug-likeness (QED) is 0.784. The van der Waals surface area contributed by atoms with Gasteiger partial charge in [-0.3, -0.25) is 0 Å². The van der Waals surface area contributed by atoms with E-state index < -0.39 is 0 Å². The van der Waals surface area contributed by atoms with E-state index in [0.717, 1.165) is 19.6 Å². The van der Waals surface area contributed by atoms with Gasteiger partial charge < -0.3 is 15.5 Å².